The zero-order valence-corrected chi connectivity index (χ0v) is 24.2. The number of anilines is 1. The standard InChI is InChI=1S/C29H32ClF2N7O3/c1-37(2)9-3-10-38-11-13-39(14-12-38)29(41)22-6-5-20(17-23(22)30)36-28(40)27-34-18-21(35-27)16-19-4-7-24(42-15-8-33)26(32)25(19)31/h4-7,17-18H,3,9-16H2,1-2H3,(H,34,35)(H,36,40). The van der Waals surface area contributed by atoms with Gasteiger partial charge in [0.25, 0.3) is 11.8 Å². The average Bonchev–Trinajstić information content (AvgIpc) is 3.44. The summed E-state index contributed by atoms with van der Waals surface area (Å²) in [5.74, 6) is -3.44. The fourth-order valence-electron chi connectivity index (χ4n) is 4.61. The van der Waals surface area contributed by atoms with Crippen molar-refractivity contribution in [3.8, 4) is 11.8 Å². The molecule has 1 aliphatic heterocycles. The minimum atomic E-state index is -1.20. The fourth-order valence-corrected chi connectivity index (χ4v) is 4.87. The van der Waals surface area contributed by atoms with E-state index in [0.29, 0.717) is 30.0 Å². The van der Waals surface area contributed by atoms with E-state index in [1.165, 1.54) is 24.4 Å². The molecule has 2 amide bonds. The number of ether oxygens (including phenoxy) is 1. The molecule has 2 N–H and O–H groups in total. The van der Waals surface area contributed by atoms with Crippen molar-refractivity contribution in [2.75, 3.05) is 65.3 Å². The lowest BCUT2D eigenvalue weighted by atomic mass is 10.1. The molecule has 0 spiro atoms. The smallest absolute Gasteiger partial charge is 0.291 e. The summed E-state index contributed by atoms with van der Waals surface area (Å²) >= 11 is 6.43. The molecule has 1 saturated heterocycles. The molecule has 0 unspecified atom stereocenters. The molecule has 4 rings (SSSR count). The zero-order chi connectivity index (χ0) is 30.2. The number of rotatable bonds is 11. The SMILES string of the molecule is CN(C)CCCN1CCN(C(=O)c2ccc(NC(=O)c3ncc(Cc4ccc(OCC#N)c(F)c4F)[nH]3)cc2Cl)CC1. The second-order valence-corrected chi connectivity index (χ2v) is 10.6. The fraction of sp³-hybridized carbons (Fsp3) is 0.379. The molecule has 1 aliphatic rings. The zero-order valence-electron chi connectivity index (χ0n) is 23.4. The average molecular weight is 600 g/mol. The van der Waals surface area contributed by atoms with Gasteiger partial charge in [0.1, 0.15) is 6.07 Å². The molecule has 0 atom stereocenters. The predicted octanol–water partition coefficient (Wildman–Crippen LogP) is 3.80. The summed E-state index contributed by atoms with van der Waals surface area (Å²) in [6, 6.07) is 8.94. The Morgan fingerprint density at radius 3 is 2.62 bits per heavy atom. The van der Waals surface area contributed by atoms with Gasteiger partial charge in [0.2, 0.25) is 5.82 Å². The van der Waals surface area contributed by atoms with E-state index in [4.69, 9.17) is 21.6 Å². The van der Waals surface area contributed by atoms with Crippen LogP contribution in [0.4, 0.5) is 14.5 Å². The topological polar surface area (TPSA) is 118 Å². The molecule has 13 heteroatoms. The minimum Gasteiger partial charge on any atom is -0.476 e. The van der Waals surface area contributed by atoms with Gasteiger partial charge in [0, 0.05) is 50.2 Å². The Morgan fingerprint density at radius 2 is 1.93 bits per heavy atom. The normalized spacial score (nSPS) is 13.7. The maximum atomic E-state index is 14.5. The highest BCUT2D eigenvalue weighted by molar-refractivity contribution is 6.34. The number of aromatic nitrogens is 2. The highest BCUT2D eigenvalue weighted by Crippen LogP contribution is 2.25. The molecule has 222 valence electrons. The van der Waals surface area contributed by atoms with Gasteiger partial charge in [-0.25, -0.2) is 9.37 Å². The lowest BCUT2D eigenvalue weighted by Gasteiger charge is -2.35. The minimum absolute atomic E-state index is 0.0187. The van der Waals surface area contributed by atoms with Gasteiger partial charge in [0.15, 0.2) is 24.0 Å². The number of nitrogens with zero attached hydrogens (tertiary/aromatic N) is 5. The summed E-state index contributed by atoms with van der Waals surface area (Å²) in [6.07, 6.45) is 2.37. The number of nitriles is 1. The van der Waals surface area contributed by atoms with E-state index < -0.39 is 24.1 Å². The van der Waals surface area contributed by atoms with Crippen molar-refractivity contribution in [1.82, 2.24) is 24.7 Å². The first-order valence-corrected chi connectivity index (χ1v) is 13.8. The summed E-state index contributed by atoms with van der Waals surface area (Å²) in [4.78, 5) is 39.0. The predicted molar refractivity (Wildman–Crippen MR) is 154 cm³/mol. The summed E-state index contributed by atoms with van der Waals surface area (Å²) in [7, 11) is 4.11. The maximum Gasteiger partial charge on any atom is 0.291 e. The monoisotopic (exact) mass is 599 g/mol. The van der Waals surface area contributed by atoms with E-state index in [9.17, 15) is 18.4 Å². The number of amides is 2. The van der Waals surface area contributed by atoms with Crippen LogP contribution in [0.15, 0.2) is 36.5 Å². The quantitative estimate of drug-likeness (QED) is 0.344. The van der Waals surface area contributed by atoms with E-state index in [1.54, 1.807) is 23.1 Å². The number of carbonyl (C=O) groups is 2. The Kier molecular flexibility index (Phi) is 10.5. The third-order valence-electron chi connectivity index (χ3n) is 6.84. The summed E-state index contributed by atoms with van der Waals surface area (Å²) in [6.45, 7) is 4.45. The van der Waals surface area contributed by atoms with Gasteiger partial charge < -0.3 is 24.8 Å². The van der Waals surface area contributed by atoms with Gasteiger partial charge in [-0.2, -0.15) is 9.65 Å². The number of aromatic amines is 1. The van der Waals surface area contributed by atoms with Crippen molar-refractivity contribution in [2.45, 2.75) is 12.8 Å². The Hall–Kier alpha value is -4.05. The van der Waals surface area contributed by atoms with Gasteiger partial charge in [-0.1, -0.05) is 17.7 Å². The number of imidazole rings is 1. The van der Waals surface area contributed by atoms with Crippen LogP contribution in [0.5, 0.6) is 5.75 Å². The maximum absolute atomic E-state index is 14.5. The molecule has 2 aromatic carbocycles. The molecular formula is C29H32ClF2N7O3. The second-order valence-electron chi connectivity index (χ2n) is 10.2. The first kappa shape index (κ1) is 30.9. The van der Waals surface area contributed by atoms with Crippen molar-refractivity contribution in [3.63, 3.8) is 0 Å². The van der Waals surface area contributed by atoms with Crippen LogP contribution in [0.25, 0.3) is 0 Å². The Balaban J connectivity index is 1.32. The van der Waals surface area contributed by atoms with Crippen LogP contribution >= 0.6 is 11.6 Å². The van der Waals surface area contributed by atoms with Gasteiger partial charge in [-0.05, 0) is 63.4 Å². The Labute approximate surface area is 247 Å². The van der Waals surface area contributed by atoms with Crippen LogP contribution in [0, 0.1) is 23.0 Å². The van der Waals surface area contributed by atoms with Crippen molar-refractivity contribution >= 4 is 29.1 Å². The van der Waals surface area contributed by atoms with Crippen molar-refractivity contribution < 1.29 is 23.1 Å². The molecular weight excluding hydrogens is 568 g/mol. The lowest BCUT2D eigenvalue weighted by molar-refractivity contribution is 0.0634. The van der Waals surface area contributed by atoms with Gasteiger partial charge >= 0.3 is 0 Å². The molecule has 1 aromatic heterocycles. The number of hydrogen-bond donors (Lipinski definition) is 2. The third kappa shape index (κ3) is 7.82. The van der Waals surface area contributed by atoms with Crippen LogP contribution in [-0.4, -0.2) is 96.5 Å². The number of benzene rings is 2. The molecule has 0 bridgehead atoms. The molecule has 1 fully saturated rings. The molecule has 10 nitrogen and oxygen atoms in total. The number of carbonyl (C=O) groups excluding carboxylic acids is 2. The van der Waals surface area contributed by atoms with Gasteiger partial charge in [0.05, 0.1) is 10.6 Å². The van der Waals surface area contributed by atoms with E-state index >= 15 is 0 Å². The van der Waals surface area contributed by atoms with Gasteiger partial charge in [-0.3, -0.25) is 14.5 Å². The first-order chi connectivity index (χ1) is 20.2. The second kappa shape index (κ2) is 14.2. The Bertz CT molecular complexity index is 1470. The first-order valence-electron chi connectivity index (χ1n) is 13.4. The number of nitrogens with one attached hydrogen (secondary N) is 2. The number of halogens is 3. The van der Waals surface area contributed by atoms with Crippen molar-refractivity contribution in [1.29, 1.82) is 5.26 Å². The number of piperazine rings is 1. The third-order valence-corrected chi connectivity index (χ3v) is 7.15. The molecule has 3 aromatic rings. The molecule has 42 heavy (non-hydrogen) atoms. The molecule has 0 radical (unpaired) electrons. The summed E-state index contributed by atoms with van der Waals surface area (Å²) in [5.41, 5.74) is 1.12. The van der Waals surface area contributed by atoms with Gasteiger partial charge in [-0.15, -0.1) is 0 Å². The van der Waals surface area contributed by atoms with Crippen LogP contribution in [0.2, 0.25) is 5.02 Å². The molecule has 2 heterocycles. The summed E-state index contributed by atoms with van der Waals surface area (Å²) < 4.78 is 33.6. The molecule has 0 aliphatic carbocycles. The van der Waals surface area contributed by atoms with Crippen LogP contribution < -0.4 is 10.1 Å². The molecule has 0 saturated carbocycles. The number of hydrogen-bond acceptors (Lipinski definition) is 7. The van der Waals surface area contributed by atoms with Crippen LogP contribution in [0.1, 0.15) is 38.7 Å². The number of H-pyrrole nitrogens is 1. The van der Waals surface area contributed by atoms with Crippen molar-refractivity contribution in [3.05, 3.63) is 75.8 Å². The largest absolute Gasteiger partial charge is 0.476 e. The lowest BCUT2D eigenvalue weighted by Crippen LogP contribution is -2.49. The van der Waals surface area contributed by atoms with E-state index in [1.807, 2.05) is 0 Å². The van der Waals surface area contributed by atoms with E-state index in [-0.39, 0.29) is 34.5 Å². The Morgan fingerprint density at radius 1 is 1.17 bits per heavy atom. The highest BCUT2D eigenvalue weighted by Gasteiger charge is 2.24. The van der Waals surface area contributed by atoms with Crippen molar-refractivity contribution in [2.24, 2.45) is 0 Å². The van der Waals surface area contributed by atoms with E-state index in [0.717, 1.165) is 32.6 Å². The highest BCUT2D eigenvalue weighted by atomic mass is 35.5. The summed E-state index contributed by atoms with van der Waals surface area (Å²) in [5, 5.41) is 11.4. The van der Waals surface area contributed by atoms with Crippen LogP contribution in [-0.2, 0) is 6.42 Å². The van der Waals surface area contributed by atoms with E-state index in [2.05, 4.69) is 39.2 Å². The van der Waals surface area contributed by atoms with Crippen LogP contribution in [0.3, 0.4) is 0 Å².